The molecule has 48 heteroatoms. The fraction of sp³-hybridized carbons (Fsp3) is 0.713. The number of aliphatic carboxylic acids is 2. The fourth-order valence-electron chi connectivity index (χ4n) is 12.9. The largest absolute Gasteiger partial charge is 0.481 e. The number of nitrogens with one attached hydrogen (secondary N) is 7. The number of aromatic nitrogens is 2. The average Bonchev–Trinajstić information content (AvgIpc) is 1.41. The number of carboxylic acids is 2. The molecule has 2 aromatic heterocycles. The van der Waals surface area contributed by atoms with Crippen molar-refractivity contribution in [3.8, 4) is 5.75 Å². The molecule has 1 aliphatic rings. The van der Waals surface area contributed by atoms with E-state index in [0.717, 1.165) is 41.5 Å². The molecule has 8 amide bonds. The molecule has 0 bridgehead atoms. The molecule has 16 atom stereocenters. The van der Waals surface area contributed by atoms with Gasteiger partial charge in [0.05, 0.1) is 75.8 Å². The molecule has 45 nitrogen and oxygen atoms in total. The summed E-state index contributed by atoms with van der Waals surface area (Å²) in [6.07, 6.45) is -0.137. The van der Waals surface area contributed by atoms with Gasteiger partial charge in [-0.1, -0.05) is 125 Å². The first-order valence-electron chi connectivity index (χ1n) is 47.7. The lowest BCUT2D eigenvalue weighted by Gasteiger charge is -2.39. The number of rotatable bonds is 67. The Balaban J connectivity index is 0.00000136. The Hall–Kier alpha value is -9.35. The summed E-state index contributed by atoms with van der Waals surface area (Å²) in [7, 11) is 10.7. The molecule has 1 aromatic carbocycles. The summed E-state index contributed by atoms with van der Waals surface area (Å²) in [6, 6.07) is 8.14. The first-order chi connectivity index (χ1) is 67.7. The Kier molecular flexibility index (Phi) is 71.0. The number of carboxylic acid groups (broad SMARTS) is 2. The van der Waals surface area contributed by atoms with Crippen LogP contribution in [0.15, 0.2) is 59.1 Å². The second-order valence-corrected chi connectivity index (χ2v) is 36.7. The zero-order valence-electron chi connectivity index (χ0n) is 85.2. The van der Waals surface area contributed by atoms with Crippen LogP contribution in [0.4, 0.5) is 14.4 Å². The summed E-state index contributed by atoms with van der Waals surface area (Å²) < 4.78 is 73.4. The molecule has 9 unspecified atom stereocenters. The number of esters is 3. The third-order valence-corrected chi connectivity index (χ3v) is 24.8. The molecule has 1 aliphatic heterocycles. The number of methoxy groups -OCH3 is 4. The number of hydrogen-bond donors (Lipinski definition) is 14. The third-order valence-electron chi connectivity index (χ3n) is 21.6. The quantitative estimate of drug-likeness (QED) is 0.00664. The van der Waals surface area contributed by atoms with Crippen molar-refractivity contribution in [3.05, 3.63) is 70.3 Å². The standard InChI is InChI=1S/C58H91N7O17S.C18H29N3O6S2.C11H21NO7.C7H16O4/c1-13-18-48(69)79-33-65(55(72)51(36(8)14-2)63-53(71)44-19-16-17-26-64(44)11)45(34(4)5)29-46(80-38(10)67)54-61-43(32-83-54)52(70)60-40(27-37(9)56(73)74)28-39-20-22-42(23-21-39)82-57(75)50(35(6)7)62-47(68)24-25-59-58(76)78-31-49(77-12)81-41(15-3)30-66;1-3-14(12-22)27-17(25-2)13-26-18(24)21-9-7-15(23)19-10-11-28-29-16-6-4-5-8-20-16;1-3-8(6-13)19-10(17-2)7-18-11(16)12-5-4-9(14)15;1-3-6(4-8)11-7(5-9)10-2/h20-23,32,34-37,40-41,44-46,49-51,66H,13-19,24-31,33H2,1-12H3,(H,59,76)(H,60,70)(H,62,68)(H,63,71)(H,73,74);4-6,8,14,17,22H,3,7,9-13H2,1-2H3,(H,19,23)(H,21,24);8,10,13H,3-7H2,1-2H3,(H,12,16)(H,14,15);6-9H,3-5H2,1-2H3/t36-,37-,40+,41?,44+,45+,46+,49?,50?,51-;;;/m0.../s1. The zero-order chi connectivity index (χ0) is 107. The number of thiazole rings is 1. The van der Waals surface area contributed by atoms with Crippen LogP contribution in [0.2, 0.25) is 0 Å². The van der Waals surface area contributed by atoms with Gasteiger partial charge in [-0.3, -0.25) is 48.1 Å². The number of aliphatic hydroxyl groups is 5. The first-order valence-corrected chi connectivity index (χ1v) is 50.9. The van der Waals surface area contributed by atoms with E-state index < -0.39 is 152 Å². The third kappa shape index (κ3) is 56.2. The van der Waals surface area contributed by atoms with Crippen LogP contribution in [0.25, 0.3) is 0 Å². The molecule has 14 N–H and O–H groups in total. The van der Waals surface area contributed by atoms with E-state index in [1.807, 2.05) is 92.5 Å². The SMILES string of the molecule is CCC(CO)OC(CO)OC.CCC(CO)OC(COC(=O)NCCC(=O)NCCSSc1ccccn1)OC.CCC(CO)OC(COC(=O)NCCC(=O)O)OC.CCCC(=O)OCN(C(=O)[C@@H](NC(=O)[C@H]1CCCCN1C)[C@@H](C)CC)[C@H](C[C@@H](OC(C)=O)c1nc(C(=O)N[C@@H](Cc2ccc(OC(=O)C(NC(=O)CCNC(=O)OCC(OC)OC(CC)CO)C(C)C)cc2)C[C@H](C)C(=O)O)cs1)C(C)C. The fourth-order valence-corrected chi connectivity index (χ4v) is 15.5. The minimum absolute atomic E-state index is 0.0130. The Labute approximate surface area is 844 Å². The van der Waals surface area contributed by atoms with Gasteiger partial charge in [-0.15, -0.1) is 11.3 Å². The van der Waals surface area contributed by atoms with Crippen molar-refractivity contribution in [2.45, 2.75) is 284 Å². The molecule has 4 rings (SSSR count). The van der Waals surface area contributed by atoms with Gasteiger partial charge in [-0.2, -0.15) is 0 Å². The Bertz CT molecular complexity index is 4030. The normalized spacial score (nSPS) is 15.5. The summed E-state index contributed by atoms with van der Waals surface area (Å²) in [6.45, 7) is 22.6. The van der Waals surface area contributed by atoms with E-state index in [9.17, 15) is 72.5 Å². The van der Waals surface area contributed by atoms with E-state index in [0.29, 0.717) is 57.1 Å². The minimum Gasteiger partial charge on any atom is -0.481 e. The van der Waals surface area contributed by atoms with Crippen molar-refractivity contribution < 1.29 is 164 Å². The highest BCUT2D eigenvalue weighted by molar-refractivity contribution is 8.76. The summed E-state index contributed by atoms with van der Waals surface area (Å²) in [5.41, 5.74) is 0.609. The highest BCUT2D eigenvalue weighted by Crippen LogP contribution is 2.33. The van der Waals surface area contributed by atoms with E-state index in [2.05, 4.69) is 47.2 Å². The number of carbonyl (C=O) groups excluding carboxylic acids is 11. The van der Waals surface area contributed by atoms with Crippen molar-refractivity contribution in [1.29, 1.82) is 0 Å². The molecule has 0 spiro atoms. The highest BCUT2D eigenvalue weighted by atomic mass is 33.1. The van der Waals surface area contributed by atoms with Crippen LogP contribution in [0.1, 0.15) is 213 Å². The van der Waals surface area contributed by atoms with Crippen LogP contribution in [-0.2, 0) is 111 Å². The molecule has 1 saturated heterocycles. The molecular formula is C94H157N11O34S3. The summed E-state index contributed by atoms with van der Waals surface area (Å²) >= 11 is 1.05. The van der Waals surface area contributed by atoms with Crippen LogP contribution in [0.3, 0.4) is 0 Å². The van der Waals surface area contributed by atoms with Crippen molar-refractivity contribution >= 4 is 111 Å². The number of alkyl carbamates (subject to hydrolysis) is 3. The number of ether oxygens (including phenoxy) is 14. The molecule has 0 radical (unpaired) electrons. The van der Waals surface area contributed by atoms with Gasteiger partial charge in [0.1, 0.15) is 53.4 Å². The van der Waals surface area contributed by atoms with Gasteiger partial charge in [-0.25, -0.2) is 29.1 Å². The number of nitrogens with zero attached hydrogens (tertiary/aromatic N) is 4. The first kappa shape index (κ1) is 131. The van der Waals surface area contributed by atoms with Crippen LogP contribution in [-0.4, -0.2) is 347 Å². The van der Waals surface area contributed by atoms with Crippen molar-refractivity contribution in [2.24, 2.45) is 23.7 Å². The van der Waals surface area contributed by atoms with Crippen LogP contribution in [0, 0.1) is 23.7 Å². The second-order valence-electron chi connectivity index (χ2n) is 33.4. The predicted molar refractivity (Wildman–Crippen MR) is 524 cm³/mol. The number of benzene rings is 1. The van der Waals surface area contributed by atoms with E-state index in [-0.39, 0.29) is 176 Å². The number of amides is 8. The molecule has 1 fully saturated rings. The van der Waals surface area contributed by atoms with Gasteiger partial charge in [0, 0.05) is 117 Å². The van der Waals surface area contributed by atoms with Crippen molar-refractivity contribution in [2.75, 3.05) is 134 Å². The van der Waals surface area contributed by atoms with E-state index in [4.69, 9.17) is 91.8 Å². The Morgan fingerprint density at radius 1 is 0.570 bits per heavy atom. The lowest BCUT2D eigenvalue weighted by atomic mass is 9.92. The summed E-state index contributed by atoms with van der Waals surface area (Å²) in [5.74, 6) is -7.09. The summed E-state index contributed by atoms with van der Waals surface area (Å²) in [4.78, 5) is 176. The van der Waals surface area contributed by atoms with Crippen molar-refractivity contribution in [3.63, 3.8) is 0 Å². The van der Waals surface area contributed by atoms with E-state index in [1.54, 1.807) is 53.8 Å². The van der Waals surface area contributed by atoms with Gasteiger partial charge < -0.3 is 144 Å². The Morgan fingerprint density at radius 3 is 1.54 bits per heavy atom. The van der Waals surface area contributed by atoms with Crippen LogP contribution < -0.4 is 42.0 Å². The van der Waals surface area contributed by atoms with Gasteiger partial charge in [-0.05, 0) is 130 Å². The lowest BCUT2D eigenvalue weighted by Crippen LogP contribution is -2.59. The number of aliphatic hydroxyl groups excluding tert-OH is 5. The van der Waals surface area contributed by atoms with Crippen LogP contribution >= 0.6 is 32.9 Å². The molecule has 3 aromatic rings. The van der Waals surface area contributed by atoms with Gasteiger partial charge in [0.15, 0.2) is 38.0 Å². The van der Waals surface area contributed by atoms with Crippen LogP contribution in [0.5, 0.6) is 5.75 Å². The zero-order valence-corrected chi connectivity index (χ0v) is 87.6. The maximum Gasteiger partial charge on any atom is 0.407 e. The maximum atomic E-state index is 14.9. The maximum absolute atomic E-state index is 14.9. The van der Waals surface area contributed by atoms with E-state index in [1.165, 1.54) is 64.7 Å². The molecule has 142 heavy (non-hydrogen) atoms. The highest BCUT2D eigenvalue weighted by Gasteiger charge is 2.41. The molecule has 810 valence electrons. The predicted octanol–water partition coefficient (Wildman–Crippen LogP) is 7.18. The number of likely N-dealkylation sites (N-methyl/N-ethyl adjacent to an activating group) is 1. The lowest BCUT2D eigenvalue weighted by molar-refractivity contribution is -0.181. The number of likely N-dealkylation sites (tertiary alicyclic amines) is 1. The second kappa shape index (κ2) is 77.2. The monoisotopic (exact) mass is 2080 g/mol. The Morgan fingerprint density at radius 2 is 1.09 bits per heavy atom. The summed E-state index contributed by atoms with van der Waals surface area (Å²) in [5, 5.41) is 84.3. The number of pyridine rings is 1. The molecular weight excluding hydrogens is 1920 g/mol. The van der Waals surface area contributed by atoms with Crippen molar-refractivity contribution in [1.82, 2.24) is 57.0 Å². The smallest absolute Gasteiger partial charge is 0.407 e. The minimum atomic E-state index is -1.09. The van der Waals surface area contributed by atoms with Gasteiger partial charge in [0.25, 0.3) is 5.91 Å². The number of hydrogen-bond acceptors (Lipinski definition) is 38. The van der Waals surface area contributed by atoms with Gasteiger partial charge >= 0.3 is 48.1 Å². The topological polar surface area (TPSA) is 609 Å². The number of piperidine rings is 1. The molecule has 0 aliphatic carbocycles. The average molecular weight is 2080 g/mol. The van der Waals surface area contributed by atoms with E-state index >= 15 is 0 Å². The molecule has 0 saturated carbocycles. The van der Waals surface area contributed by atoms with Gasteiger partial charge in [0.2, 0.25) is 23.6 Å². The number of carbonyl (C=O) groups is 13. The molecule has 3 heterocycles.